The van der Waals surface area contributed by atoms with E-state index >= 15 is 14.4 Å². The maximum absolute atomic E-state index is 15.4. The summed E-state index contributed by atoms with van der Waals surface area (Å²) in [6.07, 6.45) is 1.10. The molecule has 8 atom stereocenters. The summed E-state index contributed by atoms with van der Waals surface area (Å²) >= 11 is 0. The van der Waals surface area contributed by atoms with Crippen molar-refractivity contribution in [2.24, 2.45) is 17.6 Å². The average molecular weight is 1490 g/mol. The van der Waals surface area contributed by atoms with Crippen LogP contribution in [0.1, 0.15) is 101 Å². The number of aromatic amines is 1. The largest absolute Gasteiger partial charge is 0.508 e. The van der Waals surface area contributed by atoms with Crippen LogP contribution in [-0.4, -0.2) is 234 Å². The number of Topliss-reactive ketones (excluding diaryl/α,β-unsaturated/α-hetero) is 2. The van der Waals surface area contributed by atoms with Gasteiger partial charge < -0.3 is 97.7 Å². The second-order valence-corrected chi connectivity index (χ2v) is 27.0. The molecule has 6 rings (SSSR count). The molecular formula is C76H104N12O19. The van der Waals surface area contributed by atoms with Crippen molar-refractivity contribution in [1.29, 1.82) is 0 Å². The Labute approximate surface area is 621 Å². The van der Waals surface area contributed by atoms with Gasteiger partial charge in [-0.3, -0.25) is 57.5 Å². The van der Waals surface area contributed by atoms with E-state index in [2.05, 4.69) is 47.5 Å². The van der Waals surface area contributed by atoms with Crippen molar-refractivity contribution < 1.29 is 92.2 Å². The van der Waals surface area contributed by atoms with Crippen LogP contribution in [0.3, 0.4) is 0 Å². The zero-order valence-electron chi connectivity index (χ0n) is 61.4. The first-order valence-corrected chi connectivity index (χ1v) is 36.1. The number of nitrogens with zero attached hydrogens (tertiary/aromatic N) is 2. The second-order valence-electron chi connectivity index (χ2n) is 27.0. The molecule has 15 N–H and O–H groups in total. The van der Waals surface area contributed by atoms with Crippen LogP contribution in [-0.2, 0) is 97.4 Å². The Balaban J connectivity index is 1.39. The van der Waals surface area contributed by atoms with Gasteiger partial charge >= 0.3 is 0 Å². The quantitative estimate of drug-likeness (QED) is 0.0210. The molecule has 0 aliphatic carbocycles. The number of fused-ring (bicyclic) bond motifs is 1. The number of aromatic hydroxyl groups is 3. The van der Waals surface area contributed by atoms with Gasteiger partial charge in [0.15, 0.2) is 5.78 Å². The number of methoxy groups -OCH3 is 1. The fourth-order valence-corrected chi connectivity index (χ4v) is 12.1. The fraction of sp³-hybridized carbons (Fsp3) is 0.500. The number of nitrogens with two attached hydrogens (primary N) is 1. The van der Waals surface area contributed by atoms with Gasteiger partial charge in [-0.15, -0.1) is 0 Å². The minimum Gasteiger partial charge on any atom is -0.508 e. The van der Waals surface area contributed by atoms with E-state index in [0.29, 0.717) is 52.8 Å². The molecule has 1 aromatic heterocycles. The number of aromatic nitrogens is 1. The third kappa shape index (κ3) is 29.5. The number of H-pyrrole nitrogens is 1. The number of aliphatic hydroxyl groups is 1. The highest BCUT2D eigenvalue weighted by atomic mass is 16.5. The van der Waals surface area contributed by atoms with Crippen LogP contribution in [0.2, 0.25) is 0 Å². The number of ether oxygens (including phenoxy) is 3. The van der Waals surface area contributed by atoms with E-state index in [-0.39, 0.29) is 139 Å². The summed E-state index contributed by atoms with van der Waals surface area (Å²) in [6.45, 7) is 5.64. The van der Waals surface area contributed by atoms with Crippen LogP contribution in [0.5, 0.6) is 17.2 Å². The second kappa shape index (κ2) is 44.6. The van der Waals surface area contributed by atoms with E-state index < -0.39 is 139 Å². The van der Waals surface area contributed by atoms with Crippen molar-refractivity contribution in [3.63, 3.8) is 0 Å². The molecule has 1 aliphatic heterocycles. The number of rotatable bonds is 32. The van der Waals surface area contributed by atoms with E-state index in [9.17, 15) is 63.6 Å². The number of ketones is 2. The van der Waals surface area contributed by atoms with E-state index in [1.54, 1.807) is 80.6 Å². The van der Waals surface area contributed by atoms with E-state index in [4.69, 9.17) is 19.9 Å². The Hall–Kier alpha value is -10.3. The number of nitrogens with one attached hydrogen (secondary N) is 9. The molecule has 1 saturated heterocycles. The molecule has 0 radical (unpaired) electrons. The Morgan fingerprint density at radius 2 is 1.13 bits per heavy atom. The number of phenolic OH excluding ortho intramolecular Hbond substituents is 3. The van der Waals surface area contributed by atoms with Crippen LogP contribution in [0.4, 0.5) is 0 Å². The van der Waals surface area contributed by atoms with Crippen LogP contribution >= 0.6 is 0 Å². The van der Waals surface area contributed by atoms with Crippen molar-refractivity contribution in [1.82, 2.24) is 57.3 Å². The summed E-state index contributed by atoms with van der Waals surface area (Å²) < 4.78 is 16.0. The average Bonchev–Trinajstić information content (AvgIpc) is 1.74. The van der Waals surface area contributed by atoms with E-state index in [0.717, 1.165) is 6.92 Å². The maximum atomic E-state index is 15.4. The predicted molar refractivity (Wildman–Crippen MR) is 393 cm³/mol. The fourth-order valence-electron chi connectivity index (χ4n) is 12.1. The summed E-state index contributed by atoms with van der Waals surface area (Å²) in [6, 6.07) is 14.3. The topological polar surface area (TPSA) is 458 Å². The first-order chi connectivity index (χ1) is 51.2. The molecule has 107 heavy (non-hydrogen) atoms. The summed E-state index contributed by atoms with van der Waals surface area (Å²) in [5.41, 5.74) is 8.35. The monoisotopic (exact) mass is 1490 g/mol. The number of primary amides is 1. The van der Waals surface area contributed by atoms with Crippen molar-refractivity contribution in [2.75, 3.05) is 86.0 Å². The van der Waals surface area contributed by atoms with E-state index in [1.165, 1.54) is 60.4 Å². The molecular weight excluding hydrogens is 1380 g/mol. The van der Waals surface area contributed by atoms with Crippen LogP contribution < -0.4 is 48.3 Å². The minimum absolute atomic E-state index is 0.0266. The molecule has 31 nitrogen and oxygen atoms in total. The van der Waals surface area contributed by atoms with Crippen LogP contribution in [0.15, 0.2) is 103 Å². The van der Waals surface area contributed by atoms with Crippen molar-refractivity contribution in [2.45, 2.75) is 147 Å². The molecule has 4 aromatic carbocycles. The highest BCUT2D eigenvalue weighted by Gasteiger charge is 2.37. The normalized spacial score (nSPS) is 19.3. The standard InChI is InChI=1S/C76H104N12O19/c1-47(2)38-65-76(104)88(45-68(96)81-62(40-51-17-23-56(93)24-18-51)71(99)78-29-33-106-36-37-107-35-34-105-5)32-11-10-31-87(49(4)91)30-9-8-12-53(43-80-61(69(97)48(3)90)39-50-15-21-55(92)22-16-50)70(98)83-64(42-54-44-79-59-14-7-6-13-58(54)59)74(102)86-66(46-89)75(103)82-60(27-28-67(77)95)72(100)84-63(73(101)85-65)41-52-19-25-57(94)26-20-52/h6-7,13-26,44,47,53,60-66,79-80,89,92-94H,8-12,27-43,45-46H2,1-5H3,(H2,77,95)(H,78,99)(H,81,96)(H,82,103)(H,83,98)(H,84,100)(H,85,101)(H,86,102)/t53-,60+,61+,62+,63?,64+,65+,66?/m1/s1. The number of carbonyl (C=O) groups is 12. The molecule has 31 heteroatoms. The summed E-state index contributed by atoms with van der Waals surface area (Å²) in [5.74, 6) is -11.4. The highest BCUT2D eigenvalue weighted by molar-refractivity contribution is 6.38. The summed E-state index contributed by atoms with van der Waals surface area (Å²) in [4.78, 5) is 177. The molecule has 2 heterocycles. The van der Waals surface area contributed by atoms with E-state index in [1.807, 2.05) is 0 Å². The number of benzene rings is 4. The van der Waals surface area contributed by atoms with Gasteiger partial charge in [0, 0.05) is 96.5 Å². The Kier molecular flexibility index (Phi) is 35.7. The smallest absolute Gasteiger partial charge is 0.245 e. The third-order valence-corrected chi connectivity index (χ3v) is 18.0. The third-order valence-electron chi connectivity index (χ3n) is 18.0. The zero-order valence-corrected chi connectivity index (χ0v) is 61.4. The van der Waals surface area contributed by atoms with Gasteiger partial charge in [-0.1, -0.05) is 74.9 Å². The molecule has 0 bridgehead atoms. The molecule has 5 aromatic rings. The Morgan fingerprint density at radius 3 is 1.73 bits per heavy atom. The minimum atomic E-state index is -1.85. The predicted octanol–water partition coefficient (Wildman–Crippen LogP) is 0.937. The van der Waals surface area contributed by atoms with Gasteiger partial charge in [0.1, 0.15) is 53.5 Å². The number of phenols is 3. The lowest BCUT2D eigenvalue weighted by Crippen LogP contribution is -2.60. The van der Waals surface area contributed by atoms with Crippen molar-refractivity contribution >= 4 is 81.5 Å². The number of aliphatic hydroxyl groups excluding tert-OH is 1. The number of carbonyl (C=O) groups excluding carboxylic acids is 12. The van der Waals surface area contributed by atoms with Gasteiger partial charge in [0.2, 0.25) is 64.9 Å². The molecule has 1 aliphatic rings. The molecule has 0 spiro atoms. The number of hydrogen-bond acceptors (Lipinski definition) is 20. The first kappa shape index (κ1) is 85.6. The number of hydrogen-bond donors (Lipinski definition) is 14. The lowest BCUT2D eigenvalue weighted by molar-refractivity contribution is -0.141. The lowest BCUT2D eigenvalue weighted by Gasteiger charge is -2.31. The SMILES string of the molecule is COCCOCCOCCNC(=O)[C@H](Cc1ccc(O)cc1)NC(=O)CN1CCCCN(C(C)=O)CCCC[C@H](CN[C@@H](Cc2ccc(O)cc2)C(=O)C(C)=O)C(=O)N[C@@H](Cc2c[nH]c3ccccc23)C(=O)NC(CO)C(=O)N[C@@H](CCC(N)=O)C(=O)NC(Cc2ccc(O)cc2)C(=O)N[C@@H](CC(C)C)C1=O. The molecule has 10 amide bonds. The summed E-state index contributed by atoms with van der Waals surface area (Å²) in [7, 11) is 1.55. The molecule has 0 saturated carbocycles. The van der Waals surface area contributed by atoms with Gasteiger partial charge in [-0.05, 0) is 116 Å². The molecule has 582 valence electrons. The Bertz CT molecular complexity index is 3760. The highest BCUT2D eigenvalue weighted by Crippen LogP contribution is 2.22. The number of para-hydroxylation sites is 1. The van der Waals surface area contributed by atoms with Gasteiger partial charge in [-0.2, -0.15) is 0 Å². The molecule has 2 unspecified atom stereocenters. The summed E-state index contributed by atoms with van der Waals surface area (Å²) in [5, 5.41) is 63.9. The van der Waals surface area contributed by atoms with Gasteiger partial charge in [0.05, 0.1) is 58.1 Å². The van der Waals surface area contributed by atoms with Crippen LogP contribution in [0.25, 0.3) is 10.9 Å². The van der Waals surface area contributed by atoms with Crippen molar-refractivity contribution in [3.8, 4) is 17.2 Å². The lowest BCUT2D eigenvalue weighted by atomic mass is 9.96. The Morgan fingerprint density at radius 1 is 0.607 bits per heavy atom. The number of amides is 10. The van der Waals surface area contributed by atoms with Gasteiger partial charge in [-0.25, -0.2) is 0 Å². The van der Waals surface area contributed by atoms with Crippen LogP contribution in [0, 0.1) is 11.8 Å². The zero-order chi connectivity index (χ0) is 78.0. The maximum Gasteiger partial charge on any atom is 0.245 e. The first-order valence-electron chi connectivity index (χ1n) is 36.1. The van der Waals surface area contributed by atoms with Crippen molar-refractivity contribution in [3.05, 3.63) is 126 Å². The molecule has 1 fully saturated rings. The van der Waals surface area contributed by atoms with Gasteiger partial charge in [0.25, 0.3) is 0 Å².